The van der Waals surface area contributed by atoms with E-state index in [1.54, 1.807) is 39.6 Å². The Morgan fingerprint density at radius 1 is 0.883 bits per heavy atom. The molecule has 14 heteroatoms. The molecule has 1 fully saturated rings. The Hall–Kier alpha value is -6.64. The van der Waals surface area contributed by atoms with Crippen molar-refractivity contribution < 1.29 is 28.6 Å². The number of nitrogens with one attached hydrogen (secondary N) is 2. The largest absolute Gasteiger partial charge is 0.491 e. The number of aromatic amines is 1. The molecule has 7 aromatic rings. The van der Waals surface area contributed by atoms with E-state index in [9.17, 15) is 14.4 Å². The Kier molecular flexibility index (Phi) is 11.2. The van der Waals surface area contributed by atoms with Gasteiger partial charge in [-0.15, -0.1) is 11.3 Å². The highest BCUT2D eigenvalue weighted by atomic mass is 32.1. The molecular weight excluding hydrogens is 779 g/mol. The van der Waals surface area contributed by atoms with Gasteiger partial charge in [0.05, 0.1) is 29.3 Å². The van der Waals surface area contributed by atoms with Gasteiger partial charge in [0.15, 0.2) is 0 Å². The number of pyridine rings is 2. The van der Waals surface area contributed by atoms with Crippen LogP contribution in [0.3, 0.4) is 0 Å². The van der Waals surface area contributed by atoms with Crippen molar-refractivity contribution in [1.82, 2.24) is 35.1 Å². The number of rotatable bonds is 15. The van der Waals surface area contributed by atoms with Crippen LogP contribution in [0.4, 0.5) is 0 Å². The van der Waals surface area contributed by atoms with Crippen molar-refractivity contribution in [2.24, 2.45) is 0 Å². The summed E-state index contributed by atoms with van der Waals surface area (Å²) in [6, 6.07) is 24.8. The first-order valence-electron chi connectivity index (χ1n) is 20.0. The molecule has 0 unspecified atom stereocenters. The van der Waals surface area contributed by atoms with E-state index in [1.165, 1.54) is 0 Å². The second-order valence-corrected chi connectivity index (χ2v) is 15.7. The molecule has 60 heavy (non-hydrogen) atoms. The fourth-order valence-electron chi connectivity index (χ4n) is 7.97. The lowest BCUT2D eigenvalue weighted by molar-refractivity contribution is -0.139. The van der Waals surface area contributed by atoms with Crippen LogP contribution >= 0.6 is 11.3 Å². The molecular formula is C46H43N7O6S. The first kappa shape index (κ1) is 38.9. The number of amides is 3. The monoisotopic (exact) mass is 821 g/mol. The molecule has 13 nitrogen and oxygen atoms in total. The van der Waals surface area contributed by atoms with Gasteiger partial charge in [-0.05, 0) is 66.8 Å². The highest BCUT2D eigenvalue weighted by Gasteiger charge is 2.36. The minimum atomic E-state index is -0.607. The number of hydrogen-bond acceptors (Lipinski definition) is 10. The number of carbonyl (C=O) groups is 3. The van der Waals surface area contributed by atoms with Gasteiger partial charge < -0.3 is 34.3 Å². The van der Waals surface area contributed by atoms with Gasteiger partial charge in [-0.3, -0.25) is 19.4 Å². The minimum absolute atomic E-state index is 0.0602. The molecule has 1 atom stereocenters. The van der Waals surface area contributed by atoms with Gasteiger partial charge in [0.25, 0.3) is 5.91 Å². The van der Waals surface area contributed by atoms with E-state index in [2.05, 4.69) is 43.5 Å². The van der Waals surface area contributed by atoms with E-state index in [-0.39, 0.29) is 37.4 Å². The summed E-state index contributed by atoms with van der Waals surface area (Å²) in [5.74, 6) is 0.516. The van der Waals surface area contributed by atoms with E-state index < -0.39 is 6.04 Å². The summed E-state index contributed by atoms with van der Waals surface area (Å²) in [6.45, 7) is 4.25. The molecule has 3 aromatic carbocycles. The topological polar surface area (TPSA) is 152 Å². The molecule has 4 aromatic heterocycles. The molecule has 2 aliphatic heterocycles. The molecule has 3 amide bonds. The Morgan fingerprint density at radius 2 is 1.73 bits per heavy atom. The summed E-state index contributed by atoms with van der Waals surface area (Å²) in [6.07, 6.45) is 6.74. The first-order valence-corrected chi connectivity index (χ1v) is 20.9. The number of benzene rings is 3. The predicted octanol–water partition coefficient (Wildman–Crippen LogP) is 6.95. The van der Waals surface area contributed by atoms with Crippen LogP contribution in [0.5, 0.6) is 11.6 Å². The third-order valence-corrected chi connectivity index (χ3v) is 12.0. The van der Waals surface area contributed by atoms with Gasteiger partial charge in [-0.25, -0.2) is 9.97 Å². The van der Waals surface area contributed by atoms with Gasteiger partial charge in [0, 0.05) is 82.8 Å². The molecule has 304 valence electrons. The molecule has 6 heterocycles. The number of fused-ring (bicyclic) bond motifs is 4. The SMILES string of the molecule is Cc1ncsc1-c1ccc(CNC(=O)[C@@H]2CCCN2C(=O)CN2Cc3ccccc3C2=O)c(OCCOCCOc2ccc(-c3ccc4c(c3)[nH]c3ccncc34)cn2)c1. The standard InChI is InChI=1S/C46H43N7O6S/c1-29-44(60-28-50-29)31-8-9-33(24-49-45(55)40-7-4-16-53(40)43(54)27-52-26-34-5-2-3-6-35(34)46(52)56)41(22-31)58-19-17-57-18-20-59-42-13-11-32(23-48-42)30-10-12-36-37-25-47-15-14-38(37)51-39(36)21-30/h2-3,5-6,8-15,21-23,25,28,40,51H,4,7,16-20,24,26-27H2,1H3,(H,49,55)/t40-/m0/s1. The van der Waals surface area contributed by atoms with Crippen molar-refractivity contribution in [2.45, 2.75) is 38.9 Å². The summed E-state index contributed by atoms with van der Waals surface area (Å²) >= 11 is 1.55. The van der Waals surface area contributed by atoms with Crippen LogP contribution in [-0.4, -0.2) is 93.0 Å². The molecule has 0 radical (unpaired) electrons. The summed E-state index contributed by atoms with van der Waals surface area (Å²) in [4.78, 5) is 60.7. The average molecular weight is 822 g/mol. The lowest BCUT2D eigenvalue weighted by Crippen LogP contribution is -2.48. The van der Waals surface area contributed by atoms with Crippen LogP contribution in [0.25, 0.3) is 43.4 Å². The second-order valence-electron chi connectivity index (χ2n) is 14.9. The smallest absolute Gasteiger partial charge is 0.254 e. The molecule has 9 rings (SSSR count). The van der Waals surface area contributed by atoms with Gasteiger partial charge in [0.1, 0.15) is 31.5 Å². The fraction of sp³-hybridized carbons (Fsp3) is 0.261. The molecule has 2 aliphatic rings. The minimum Gasteiger partial charge on any atom is -0.491 e. The van der Waals surface area contributed by atoms with E-state index >= 15 is 0 Å². The average Bonchev–Trinajstić information content (AvgIpc) is 4.08. The Balaban J connectivity index is 0.761. The van der Waals surface area contributed by atoms with Crippen LogP contribution in [0.2, 0.25) is 0 Å². The maximum Gasteiger partial charge on any atom is 0.254 e. The number of likely N-dealkylation sites (tertiary alicyclic amines) is 1. The summed E-state index contributed by atoms with van der Waals surface area (Å²) in [5.41, 5.74) is 10.2. The zero-order valence-corrected chi connectivity index (χ0v) is 33.9. The number of carbonyl (C=O) groups excluding carboxylic acids is 3. The molecule has 1 saturated heterocycles. The second kappa shape index (κ2) is 17.3. The van der Waals surface area contributed by atoms with Crippen molar-refractivity contribution in [2.75, 3.05) is 39.5 Å². The maximum absolute atomic E-state index is 13.6. The van der Waals surface area contributed by atoms with Gasteiger partial charge in [-0.1, -0.05) is 42.5 Å². The lowest BCUT2D eigenvalue weighted by Gasteiger charge is -2.26. The van der Waals surface area contributed by atoms with Crippen molar-refractivity contribution in [3.05, 3.63) is 125 Å². The number of hydrogen-bond donors (Lipinski definition) is 2. The van der Waals surface area contributed by atoms with Crippen LogP contribution in [0.15, 0.2) is 103 Å². The highest BCUT2D eigenvalue weighted by Crippen LogP contribution is 2.33. The number of thiazole rings is 1. The zero-order chi connectivity index (χ0) is 41.0. The summed E-state index contributed by atoms with van der Waals surface area (Å²) in [5, 5.41) is 5.28. The number of aryl methyl sites for hydroxylation is 1. The Labute approximate surface area is 350 Å². The maximum atomic E-state index is 13.6. The van der Waals surface area contributed by atoms with Crippen molar-refractivity contribution in [3.63, 3.8) is 0 Å². The van der Waals surface area contributed by atoms with Crippen molar-refractivity contribution in [1.29, 1.82) is 0 Å². The van der Waals surface area contributed by atoms with E-state index in [0.717, 1.165) is 60.2 Å². The third-order valence-electron chi connectivity index (χ3n) is 11.1. The van der Waals surface area contributed by atoms with E-state index in [1.807, 2.05) is 73.2 Å². The molecule has 0 saturated carbocycles. The number of aromatic nitrogens is 4. The van der Waals surface area contributed by atoms with Crippen molar-refractivity contribution >= 4 is 50.9 Å². The predicted molar refractivity (Wildman–Crippen MR) is 229 cm³/mol. The highest BCUT2D eigenvalue weighted by molar-refractivity contribution is 7.13. The molecule has 0 spiro atoms. The van der Waals surface area contributed by atoms with Gasteiger partial charge in [-0.2, -0.15) is 0 Å². The quantitative estimate of drug-likeness (QED) is 0.105. The Bertz CT molecular complexity index is 2700. The number of H-pyrrole nitrogens is 1. The zero-order valence-electron chi connectivity index (χ0n) is 33.1. The van der Waals surface area contributed by atoms with Gasteiger partial charge in [0.2, 0.25) is 17.7 Å². The van der Waals surface area contributed by atoms with E-state index in [4.69, 9.17) is 14.2 Å². The van der Waals surface area contributed by atoms with Gasteiger partial charge >= 0.3 is 0 Å². The van der Waals surface area contributed by atoms with Crippen LogP contribution < -0.4 is 14.8 Å². The normalized spacial score (nSPS) is 14.9. The van der Waals surface area contributed by atoms with E-state index in [0.29, 0.717) is 62.9 Å². The summed E-state index contributed by atoms with van der Waals surface area (Å²) < 4.78 is 18.0. The number of nitrogens with zero attached hydrogens (tertiary/aromatic N) is 5. The third kappa shape index (κ3) is 8.16. The fourth-order valence-corrected chi connectivity index (χ4v) is 8.77. The lowest BCUT2D eigenvalue weighted by atomic mass is 10.1. The van der Waals surface area contributed by atoms with Crippen molar-refractivity contribution in [3.8, 4) is 33.2 Å². The molecule has 2 N–H and O–H groups in total. The summed E-state index contributed by atoms with van der Waals surface area (Å²) in [7, 11) is 0. The Morgan fingerprint density at radius 3 is 2.57 bits per heavy atom. The molecule has 0 bridgehead atoms. The number of ether oxygens (including phenoxy) is 3. The van der Waals surface area contributed by atoms with Crippen LogP contribution in [-0.2, 0) is 27.4 Å². The van der Waals surface area contributed by atoms with Crippen LogP contribution in [0, 0.1) is 6.92 Å². The van der Waals surface area contributed by atoms with Crippen LogP contribution in [0.1, 0.15) is 40.0 Å². The molecule has 0 aliphatic carbocycles. The first-order chi connectivity index (χ1) is 29.4.